The van der Waals surface area contributed by atoms with Crippen molar-refractivity contribution in [3.63, 3.8) is 0 Å². The molecule has 0 aliphatic carbocycles. The summed E-state index contributed by atoms with van der Waals surface area (Å²) in [5, 5.41) is 0.901. The zero-order valence-corrected chi connectivity index (χ0v) is 18.4. The van der Waals surface area contributed by atoms with E-state index in [0.717, 1.165) is 23.9 Å². The van der Waals surface area contributed by atoms with E-state index in [1.807, 2.05) is 20.2 Å². The SMILES string of the molecule is CCOP(=O)(OCC)OCOC(=O)n1cc(CCN(C)C)c2cc(OC)ccc21. The largest absolute Gasteiger partial charge is 0.497 e. The van der Waals surface area contributed by atoms with Crippen molar-refractivity contribution in [2.45, 2.75) is 20.3 Å². The minimum atomic E-state index is -3.75. The molecule has 0 aliphatic heterocycles. The summed E-state index contributed by atoms with van der Waals surface area (Å²) in [5.41, 5.74) is 1.67. The van der Waals surface area contributed by atoms with Gasteiger partial charge in [-0.05, 0) is 58.1 Å². The molecular formula is C19H29N2O7P. The molecule has 1 heterocycles. The summed E-state index contributed by atoms with van der Waals surface area (Å²) in [6, 6.07) is 5.45. The maximum absolute atomic E-state index is 12.6. The van der Waals surface area contributed by atoms with Crippen molar-refractivity contribution in [3.05, 3.63) is 30.0 Å². The third kappa shape index (κ3) is 6.29. The molecule has 0 amide bonds. The van der Waals surface area contributed by atoms with Crippen LogP contribution in [-0.2, 0) is 29.3 Å². The molecule has 0 aliphatic rings. The number of hydrogen-bond donors (Lipinski definition) is 0. The number of methoxy groups -OCH3 is 1. The van der Waals surface area contributed by atoms with Crippen LogP contribution in [0.3, 0.4) is 0 Å². The first-order valence-electron chi connectivity index (χ1n) is 9.37. The fraction of sp³-hybridized carbons (Fsp3) is 0.526. The number of rotatable bonds is 11. The summed E-state index contributed by atoms with van der Waals surface area (Å²) in [4.78, 5) is 14.7. The molecule has 1 aromatic heterocycles. The van der Waals surface area contributed by atoms with Crippen LogP contribution in [0.4, 0.5) is 4.79 Å². The molecule has 10 heteroatoms. The summed E-state index contributed by atoms with van der Waals surface area (Å²) < 4.78 is 39.2. The first kappa shape index (κ1) is 23.4. The number of fused-ring (bicyclic) bond motifs is 1. The molecule has 0 radical (unpaired) electrons. The number of carbonyl (C=O) groups excluding carboxylic acids is 1. The van der Waals surface area contributed by atoms with E-state index < -0.39 is 20.7 Å². The Kier molecular flexibility index (Phi) is 8.67. The second kappa shape index (κ2) is 10.8. The average Bonchev–Trinajstić information content (AvgIpc) is 3.04. The van der Waals surface area contributed by atoms with Crippen LogP contribution >= 0.6 is 7.82 Å². The lowest BCUT2D eigenvalue weighted by molar-refractivity contribution is 0.0243. The lowest BCUT2D eigenvalue weighted by atomic mass is 10.1. The van der Waals surface area contributed by atoms with Gasteiger partial charge in [-0.15, -0.1) is 0 Å². The Morgan fingerprint density at radius 3 is 2.41 bits per heavy atom. The normalized spacial score (nSPS) is 11.9. The summed E-state index contributed by atoms with van der Waals surface area (Å²) >= 11 is 0. The summed E-state index contributed by atoms with van der Waals surface area (Å²) in [7, 11) is 1.82. The highest BCUT2D eigenvalue weighted by atomic mass is 31.2. The standard InChI is InChI=1S/C19H29N2O7P/c1-6-26-29(23,27-7-2)28-14-25-19(22)21-13-15(10-11-20(3)4)17-12-16(24-5)8-9-18(17)21/h8-9,12-13H,6-7,10-11,14H2,1-5H3. The van der Waals surface area contributed by atoms with Gasteiger partial charge in [-0.3, -0.25) is 13.6 Å². The molecule has 0 saturated heterocycles. The molecule has 0 unspecified atom stereocenters. The number of aromatic nitrogens is 1. The number of phosphoric acid groups is 1. The van der Waals surface area contributed by atoms with Crippen molar-refractivity contribution < 1.29 is 32.4 Å². The van der Waals surface area contributed by atoms with Crippen LogP contribution in [-0.4, -0.2) is 63.3 Å². The highest BCUT2D eigenvalue weighted by Crippen LogP contribution is 2.49. The molecule has 9 nitrogen and oxygen atoms in total. The van der Waals surface area contributed by atoms with E-state index in [1.54, 1.807) is 39.3 Å². The Balaban J connectivity index is 2.18. The molecule has 29 heavy (non-hydrogen) atoms. The van der Waals surface area contributed by atoms with Gasteiger partial charge in [0.25, 0.3) is 0 Å². The Hall–Kier alpha value is -1.90. The van der Waals surface area contributed by atoms with Gasteiger partial charge in [0.15, 0.2) is 0 Å². The van der Waals surface area contributed by atoms with Gasteiger partial charge in [0.1, 0.15) is 5.75 Å². The number of ether oxygens (including phenoxy) is 2. The Bertz CT molecular complexity index is 856. The molecule has 0 fully saturated rings. The highest BCUT2D eigenvalue weighted by molar-refractivity contribution is 7.48. The van der Waals surface area contributed by atoms with Crippen LogP contribution in [0.25, 0.3) is 10.9 Å². The number of carbonyl (C=O) groups is 1. The number of benzene rings is 1. The fourth-order valence-electron chi connectivity index (χ4n) is 2.74. The highest BCUT2D eigenvalue weighted by Gasteiger charge is 2.26. The van der Waals surface area contributed by atoms with Crippen LogP contribution < -0.4 is 4.74 Å². The molecule has 0 saturated carbocycles. The van der Waals surface area contributed by atoms with Crippen LogP contribution in [0.5, 0.6) is 5.75 Å². The predicted molar refractivity (Wildman–Crippen MR) is 109 cm³/mol. The van der Waals surface area contributed by atoms with Crippen molar-refractivity contribution in [1.29, 1.82) is 0 Å². The first-order valence-corrected chi connectivity index (χ1v) is 10.8. The molecule has 0 N–H and O–H groups in total. The maximum atomic E-state index is 12.6. The van der Waals surface area contributed by atoms with Crippen molar-refractivity contribution in [3.8, 4) is 5.75 Å². The van der Waals surface area contributed by atoms with Crippen LogP contribution in [0.2, 0.25) is 0 Å². The lowest BCUT2D eigenvalue weighted by Crippen LogP contribution is -2.16. The van der Waals surface area contributed by atoms with Gasteiger partial charge in [0, 0.05) is 18.1 Å². The van der Waals surface area contributed by atoms with Crippen LogP contribution in [0.1, 0.15) is 19.4 Å². The third-order valence-electron chi connectivity index (χ3n) is 4.09. The predicted octanol–water partition coefficient (Wildman–Crippen LogP) is 3.89. The van der Waals surface area contributed by atoms with Crippen molar-refractivity contribution in [2.24, 2.45) is 0 Å². The number of hydrogen-bond acceptors (Lipinski definition) is 8. The summed E-state index contributed by atoms with van der Waals surface area (Å²) in [5.74, 6) is 0.701. The molecule has 0 spiro atoms. The van der Waals surface area contributed by atoms with E-state index in [9.17, 15) is 9.36 Å². The van der Waals surface area contributed by atoms with Gasteiger partial charge < -0.3 is 14.4 Å². The second-order valence-electron chi connectivity index (χ2n) is 6.40. The van der Waals surface area contributed by atoms with E-state index in [2.05, 4.69) is 4.90 Å². The smallest absolute Gasteiger partial charge is 0.477 e. The molecule has 2 aromatic rings. The Labute approximate surface area is 171 Å². The van der Waals surface area contributed by atoms with Crippen molar-refractivity contribution in [1.82, 2.24) is 9.47 Å². The Morgan fingerprint density at radius 1 is 1.14 bits per heavy atom. The molecular weight excluding hydrogens is 399 g/mol. The van der Waals surface area contributed by atoms with E-state index in [1.165, 1.54) is 4.57 Å². The third-order valence-corrected chi connectivity index (χ3v) is 5.66. The molecule has 0 bridgehead atoms. The van der Waals surface area contributed by atoms with Crippen molar-refractivity contribution >= 4 is 24.8 Å². The zero-order chi connectivity index (χ0) is 21.4. The fourth-order valence-corrected chi connectivity index (χ4v) is 3.78. The Morgan fingerprint density at radius 2 is 1.83 bits per heavy atom. The van der Waals surface area contributed by atoms with Crippen molar-refractivity contribution in [2.75, 3.05) is 47.8 Å². The van der Waals surface area contributed by atoms with Gasteiger partial charge in [-0.2, -0.15) is 0 Å². The molecule has 162 valence electrons. The minimum absolute atomic E-state index is 0.143. The van der Waals surface area contributed by atoms with E-state index in [4.69, 9.17) is 23.0 Å². The van der Waals surface area contributed by atoms with E-state index in [0.29, 0.717) is 11.3 Å². The van der Waals surface area contributed by atoms with Crippen LogP contribution in [0, 0.1) is 0 Å². The quantitative estimate of drug-likeness (QED) is 0.393. The van der Waals surface area contributed by atoms with Gasteiger partial charge in [-0.25, -0.2) is 13.9 Å². The van der Waals surface area contributed by atoms with Gasteiger partial charge in [-0.1, -0.05) is 0 Å². The molecule has 1 aromatic carbocycles. The van der Waals surface area contributed by atoms with Gasteiger partial charge in [0.2, 0.25) is 6.79 Å². The molecule has 0 atom stereocenters. The maximum Gasteiger partial charge on any atom is 0.477 e. The first-order chi connectivity index (χ1) is 13.8. The second-order valence-corrected chi connectivity index (χ2v) is 8.07. The summed E-state index contributed by atoms with van der Waals surface area (Å²) in [6.07, 6.45) is 1.83. The van der Waals surface area contributed by atoms with E-state index in [-0.39, 0.29) is 13.2 Å². The number of likely N-dealkylation sites (N-methyl/N-ethyl adjacent to an activating group) is 1. The molecule has 2 rings (SSSR count). The number of phosphoric ester groups is 1. The van der Waals surface area contributed by atoms with E-state index >= 15 is 0 Å². The topological polar surface area (TPSA) is 88.5 Å². The summed E-state index contributed by atoms with van der Waals surface area (Å²) in [6.45, 7) is 3.88. The van der Waals surface area contributed by atoms with Gasteiger partial charge >= 0.3 is 13.9 Å². The van der Waals surface area contributed by atoms with Crippen LogP contribution in [0.15, 0.2) is 24.4 Å². The number of nitrogens with zero attached hydrogens (tertiary/aromatic N) is 2. The zero-order valence-electron chi connectivity index (χ0n) is 17.5. The lowest BCUT2D eigenvalue weighted by Gasteiger charge is -2.16. The monoisotopic (exact) mass is 428 g/mol. The minimum Gasteiger partial charge on any atom is -0.497 e. The average molecular weight is 428 g/mol. The van der Waals surface area contributed by atoms with Gasteiger partial charge in [0.05, 0.1) is 25.8 Å².